The Morgan fingerprint density at radius 1 is 1.22 bits per heavy atom. The van der Waals surface area contributed by atoms with Crippen LogP contribution in [0.4, 0.5) is 0 Å². The van der Waals surface area contributed by atoms with Crippen LogP contribution in [0, 0.1) is 3.57 Å². The van der Waals surface area contributed by atoms with E-state index in [0.29, 0.717) is 11.3 Å². The van der Waals surface area contributed by atoms with Gasteiger partial charge in [-0.3, -0.25) is 0 Å². The average Bonchev–Trinajstić information content (AvgIpc) is 2.79. The summed E-state index contributed by atoms with van der Waals surface area (Å²) in [6.07, 6.45) is 5.59. The lowest BCUT2D eigenvalue weighted by Crippen LogP contribution is -2.10. The first-order valence-electron chi connectivity index (χ1n) is 5.33. The van der Waals surface area contributed by atoms with Crippen molar-refractivity contribution in [2.45, 2.75) is 11.3 Å². The van der Waals surface area contributed by atoms with Crippen LogP contribution in [0.5, 0.6) is 0 Å². The van der Waals surface area contributed by atoms with E-state index in [0.717, 1.165) is 9.13 Å². The number of allylic oxidation sites excluding steroid dienone is 1. The zero-order chi connectivity index (χ0) is 13.2. The van der Waals surface area contributed by atoms with Crippen LogP contribution >= 0.6 is 22.6 Å². The van der Waals surface area contributed by atoms with E-state index in [1.807, 2.05) is 0 Å². The summed E-state index contributed by atoms with van der Waals surface area (Å²) in [5, 5.41) is 0. The van der Waals surface area contributed by atoms with E-state index in [4.69, 9.17) is 0 Å². The number of hydrogen-bond donors (Lipinski definition) is 0. The summed E-state index contributed by atoms with van der Waals surface area (Å²) in [5.41, 5.74) is 0.930. The SMILES string of the molecule is C=CCc1ccn(S(=O)(=O)c2ccc(I)cc2)c1. The topological polar surface area (TPSA) is 39.1 Å². The van der Waals surface area contributed by atoms with E-state index in [9.17, 15) is 8.42 Å². The minimum atomic E-state index is -3.47. The van der Waals surface area contributed by atoms with Crippen molar-refractivity contribution >= 4 is 32.6 Å². The molecule has 1 aromatic heterocycles. The van der Waals surface area contributed by atoms with Crippen molar-refractivity contribution in [3.05, 3.63) is 64.5 Å². The number of hydrogen-bond acceptors (Lipinski definition) is 2. The van der Waals surface area contributed by atoms with Crippen molar-refractivity contribution in [3.8, 4) is 0 Å². The molecule has 0 aliphatic carbocycles. The monoisotopic (exact) mass is 373 g/mol. The molecule has 0 aliphatic heterocycles. The minimum absolute atomic E-state index is 0.295. The van der Waals surface area contributed by atoms with Gasteiger partial charge in [-0.2, -0.15) is 0 Å². The number of rotatable bonds is 4. The normalized spacial score (nSPS) is 11.4. The summed E-state index contributed by atoms with van der Waals surface area (Å²) in [7, 11) is -3.47. The molecule has 3 nitrogen and oxygen atoms in total. The van der Waals surface area contributed by atoms with Crippen LogP contribution in [0.15, 0.2) is 60.3 Å². The molecule has 94 valence electrons. The third kappa shape index (κ3) is 2.67. The Hall–Kier alpha value is -1.08. The highest BCUT2D eigenvalue weighted by Gasteiger charge is 2.16. The molecule has 0 spiro atoms. The molecule has 0 aliphatic rings. The number of halogens is 1. The molecule has 0 atom stereocenters. The molecule has 2 aromatic rings. The van der Waals surface area contributed by atoms with Crippen LogP contribution in [0.2, 0.25) is 0 Å². The minimum Gasteiger partial charge on any atom is -0.249 e. The van der Waals surface area contributed by atoms with Gasteiger partial charge in [0.05, 0.1) is 4.90 Å². The largest absolute Gasteiger partial charge is 0.267 e. The molecule has 18 heavy (non-hydrogen) atoms. The molecule has 0 unspecified atom stereocenters. The first-order valence-corrected chi connectivity index (χ1v) is 7.85. The quantitative estimate of drug-likeness (QED) is 0.611. The standard InChI is InChI=1S/C13H12INO2S/c1-2-3-11-8-9-15(10-11)18(16,17)13-6-4-12(14)5-7-13/h2,4-10H,1,3H2. The predicted molar refractivity (Wildman–Crippen MR) is 80.1 cm³/mol. The molecule has 0 saturated carbocycles. The van der Waals surface area contributed by atoms with Crippen LogP contribution < -0.4 is 0 Å². The fourth-order valence-corrected chi connectivity index (χ4v) is 3.16. The third-order valence-corrected chi connectivity index (χ3v) is 4.87. The Balaban J connectivity index is 2.41. The van der Waals surface area contributed by atoms with E-state index in [-0.39, 0.29) is 0 Å². The van der Waals surface area contributed by atoms with E-state index >= 15 is 0 Å². The van der Waals surface area contributed by atoms with Crippen molar-refractivity contribution in [3.63, 3.8) is 0 Å². The molecule has 2 rings (SSSR count). The van der Waals surface area contributed by atoms with Gasteiger partial charge in [0.25, 0.3) is 10.0 Å². The molecular formula is C13H12INO2S. The third-order valence-electron chi connectivity index (χ3n) is 2.50. The van der Waals surface area contributed by atoms with Gasteiger partial charge in [0.15, 0.2) is 0 Å². The molecule has 0 radical (unpaired) electrons. The van der Waals surface area contributed by atoms with Gasteiger partial charge in [0.2, 0.25) is 0 Å². The molecule has 1 aromatic carbocycles. The second-order valence-electron chi connectivity index (χ2n) is 3.80. The van der Waals surface area contributed by atoms with Crippen molar-refractivity contribution in [1.82, 2.24) is 3.97 Å². The van der Waals surface area contributed by atoms with Crippen molar-refractivity contribution in [2.24, 2.45) is 0 Å². The summed E-state index contributed by atoms with van der Waals surface area (Å²) in [5.74, 6) is 0. The molecule has 0 saturated heterocycles. The zero-order valence-electron chi connectivity index (χ0n) is 9.58. The van der Waals surface area contributed by atoms with Gasteiger partial charge in [0, 0.05) is 16.0 Å². The van der Waals surface area contributed by atoms with Crippen LogP contribution in [0.3, 0.4) is 0 Å². The smallest absolute Gasteiger partial charge is 0.249 e. The Labute approximate surface area is 120 Å². The highest BCUT2D eigenvalue weighted by molar-refractivity contribution is 14.1. The molecule has 1 heterocycles. The van der Waals surface area contributed by atoms with Gasteiger partial charge in [-0.05, 0) is 64.9 Å². The number of nitrogens with zero attached hydrogens (tertiary/aromatic N) is 1. The summed E-state index contributed by atoms with van der Waals surface area (Å²) in [4.78, 5) is 0.295. The number of benzene rings is 1. The van der Waals surface area contributed by atoms with Gasteiger partial charge in [-0.15, -0.1) is 6.58 Å². The van der Waals surface area contributed by atoms with E-state index in [1.165, 1.54) is 3.97 Å². The highest BCUT2D eigenvalue weighted by Crippen LogP contribution is 2.17. The Morgan fingerprint density at radius 3 is 2.50 bits per heavy atom. The highest BCUT2D eigenvalue weighted by atomic mass is 127. The van der Waals surface area contributed by atoms with Gasteiger partial charge in [-0.25, -0.2) is 12.4 Å². The van der Waals surface area contributed by atoms with E-state index < -0.39 is 10.0 Å². The van der Waals surface area contributed by atoms with Crippen molar-refractivity contribution in [1.29, 1.82) is 0 Å². The van der Waals surface area contributed by atoms with Crippen LogP contribution in [-0.4, -0.2) is 12.4 Å². The molecule has 0 N–H and O–H groups in total. The summed E-state index contributed by atoms with van der Waals surface area (Å²) in [6.45, 7) is 3.64. The lowest BCUT2D eigenvalue weighted by molar-refractivity contribution is 0.587. The summed E-state index contributed by atoms with van der Waals surface area (Å²) in [6, 6.07) is 8.57. The summed E-state index contributed by atoms with van der Waals surface area (Å²) >= 11 is 2.14. The van der Waals surface area contributed by atoms with E-state index in [2.05, 4.69) is 29.2 Å². The van der Waals surface area contributed by atoms with Gasteiger partial charge >= 0.3 is 0 Å². The van der Waals surface area contributed by atoms with Crippen LogP contribution in [-0.2, 0) is 16.4 Å². The first-order chi connectivity index (χ1) is 8.54. The average molecular weight is 373 g/mol. The van der Waals surface area contributed by atoms with Gasteiger partial charge < -0.3 is 0 Å². The van der Waals surface area contributed by atoms with E-state index in [1.54, 1.807) is 48.8 Å². The van der Waals surface area contributed by atoms with Crippen LogP contribution in [0.1, 0.15) is 5.56 Å². The van der Waals surface area contributed by atoms with Gasteiger partial charge in [-0.1, -0.05) is 6.08 Å². The predicted octanol–water partition coefficient (Wildman–Crippen LogP) is 3.06. The second-order valence-corrected chi connectivity index (χ2v) is 6.89. The lowest BCUT2D eigenvalue weighted by Gasteiger charge is -2.05. The molecule has 5 heteroatoms. The Morgan fingerprint density at radius 2 is 1.89 bits per heavy atom. The maximum atomic E-state index is 12.3. The molecule has 0 fully saturated rings. The Kier molecular flexibility index (Phi) is 3.91. The molecule has 0 bridgehead atoms. The number of aromatic nitrogens is 1. The Bertz CT molecular complexity index is 657. The van der Waals surface area contributed by atoms with Crippen molar-refractivity contribution < 1.29 is 8.42 Å². The zero-order valence-corrected chi connectivity index (χ0v) is 12.6. The van der Waals surface area contributed by atoms with Gasteiger partial charge in [0.1, 0.15) is 0 Å². The first kappa shape index (κ1) is 13.4. The maximum absolute atomic E-state index is 12.3. The second kappa shape index (κ2) is 5.27. The molecular weight excluding hydrogens is 361 g/mol. The lowest BCUT2D eigenvalue weighted by atomic mass is 10.2. The van der Waals surface area contributed by atoms with Crippen molar-refractivity contribution in [2.75, 3.05) is 0 Å². The fourth-order valence-electron chi connectivity index (χ4n) is 1.58. The maximum Gasteiger partial charge on any atom is 0.267 e. The van der Waals surface area contributed by atoms with Crippen LogP contribution in [0.25, 0.3) is 0 Å². The molecule has 0 amide bonds. The fraction of sp³-hybridized carbons (Fsp3) is 0.0769. The summed E-state index contributed by atoms with van der Waals surface area (Å²) < 4.78 is 26.8.